The highest BCUT2D eigenvalue weighted by Crippen LogP contribution is 2.34. The summed E-state index contributed by atoms with van der Waals surface area (Å²) in [6.45, 7) is 1.93. The van der Waals surface area contributed by atoms with Gasteiger partial charge in [0.15, 0.2) is 6.29 Å². The number of carbonyl (C=O) groups excluding carboxylic acids is 1. The summed E-state index contributed by atoms with van der Waals surface area (Å²) >= 11 is 1.47. The van der Waals surface area contributed by atoms with E-state index in [1.54, 1.807) is 6.20 Å². The molecule has 3 aromatic rings. The molecule has 4 N–H and O–H groups in total. The molecule has 0 radical (unpaired) electrons. The summed E-state index contributed by atoms with van der Waals surface area (Å²) in [5, 5.41) is 16.9. The molecule has 1 amide bonds. The van der Waals surface area contributed by atoms with Crippen molar-refractivity contribution in [3.05, 3.63) is 53.7 Å². The van der Waals surface area contributed by atoms with Crippen molar-refractivity contribution in [1.82, 2.24) is 20.8 Å². The summed E-state index contributed by atoms with van der Waals surface area (Å²) in [6, 6.07) is 12.5. The molecule has 0 bridgehead atoms. The first kappa shape index (κ1) is 17.3. The molecule has 28 heavy (non-hydrogen) atoms. The molecule has 2 atom stereocenters. The largest absolute Gasteiger partial charge is 0.347 e. The minimum atomic E-state index is -0.258. The zero-order chi connectivity index (χ0) is 18.9. The minimum Gasteiger partial charge on any atom is -0.347 e. The van der Waals surface area contributed by atoms with Crippen molar-refractivity contribution < 1.29 is 4.79 Å². The Morgan fingerprint density at radius 2 is 2.21 bits per heavy atom. The molecule has 0 aliphatic carbocycles. The number of thiophene rings is 1. The third kappa shape index (κ3) is 3.25. The minimum absolute atomic E-state index is 0.0746. The van der Waals surface area contributed by atoms with Gasteiger partial charge >= 0.3 is 0 Å². The Labute approximate surface area is 167 Å². The fraction of sp³-hybridized carbons (Fsp3) is 0.300. The Kier molecular flexibility index (Phi) is 4.50. The Balaban J connectivity index is 1.33. The summed E-state index contributed by atoms with van der Waals surface area (Å²) < 4.78 is 0. The predicted octanol–water partition coefficient (Wildman–Crippen LogP) is 2.84. The molecule has 4 heterocycles. The van der Waals surface area contributed by atoms with Gasteiger partial charge in [0.25, 0.3) is 5.91 Å². The van der Waals surface area contributed by atoms with Crippen LogP contribution < -0.4 is 20.9 Å². The molecule has 1 aromatic carbocycles. The van der Waals surface area contributed by atoms with Crippen LogP contribution in [0.4, 0.5) is 11.4 Å². The highest BCUT2D eigenvalue weighted by Gasteiger charge is 2.32. The van der Waals surface area contributed by atoms with Crippen LogP contribution in [-0.4, -0.2) is 41.5 Å². The normalized spacial score (nSPS) is 20.8. The number of aromatic nitrogens is 2. The third-order valence-electron chi connectivity index (χ3n) is 5.28. The second-order valence-electron chi connectivity index (χ2n) is 7.13. The van der Waals surface area contributed by atoms with E-state index in [9.17, 15) is 4.79 Å². The van der Waals surface area contributed by atoms with E-state index in [0.29, 0.717) is 10.9 Å². The number of hydrogen-bond donors (Lipinski definition) is 4. The molecule has 144 valence electrons. The van der Waals surface area contributed by atoms with Gasteiger partial charge in [0, 0.05) is 29.2 Å². The number of rotatable bonds is 5. The average Bonchev–Trinajstić information content (AvgIpc) is 3.50. The van der Waals surface area contributed by atoms with E-state index >= 15 is 0 Å². The molecule has 7 nitrogen and oxygen atoms in total. The highest BCUT2D eigenvalue weighted by molar-refractivity contribution is 7.17. The lowest BCUT2D eigenvalue weighted by Gasteiger charge is -2.29. The van der Waals surface area contributed by atoms with Crippen LogP contribution in [0.15, 0.2) is 48.8 Å². The summed E-state index contributed by atoms with van der Waals surface area (Å²) in [5.74, 6) is -0.0746. The number of aromatic amines is 1. The van der Waals surface area contributed by atoms with Crippen molar-refractivity contribution in [2.45, 2.75) is 25.2 Å². The molecule has 2 aliphatic heterocycles. The zero-order valence-electron chi connectivity index (χ0n) is 15.3. The van der Waals surface area contributed by atoms with E-state index in [2.05, 4.69) is 43.2 Å². The standard InChI is InChI=1S/C20H22N6OS/c27-19(18-8-7-17(28-18)13-10-22-23-11-13)25-20-24-15-5-1-2-6-16(15)26(20)12-14-4-3-9-21-14/h1-2,5-8,10-11,14,20-21,24H,3-4,9,12H2,(H,22,23)(H,25,27)/t14-,20?/m0/s1. The number of benzene rings is 1. The number of nitrogens with one attached hydrogen (secondary N) is 4. The number of fused-ring (bicyclic) bond motifs is 1. The maximum atomic E-state index is 12.9. The van der Waals surface area contributed by atoms with Crippen molar-refractivity contribution in [2.75, 3.05) is 23.3 Å². The van der Waals surface area contributed by atoms with Crippen LogP contribution in [0.25, 0.3) is 10.4 Å². The van der Waals surface area contributed by atoms with E-state index in [1.807, 2.05) is 30.5 Å². The smallest absolute Gasteiger partial charge is 0.264 e. The first-order valence-corrected chi connectivity index (χ1v) is 10.3. The average molecular weight is 395 g/mol. The van der Waals surface area contributed by atoms with Gasteiger partial charge in [-0.25, -0.2) is 0 Å². The van der Waals surface area contributed by atoms with Crippen molar-refractivity contribution in [1.29, 1.82) is 0 Å². The van der Waals surface area contributed by atoms with E-state index in [-0.39, 0.29) is 12.2 Å². The Morgan fingerprint density at radius 1 is 1.29 bits per heavy atom. The van der Waals surface area contributed by atoms with Crippen LogP contribution in [0.1, 0.15) is 22.5 Å². The van der Waals surface area contributed by atoms with Crippen molar-refractivity contribution in [2.24, 2.45) is 0 Å². The summed E-state index contributed by atoms with van der Waals surface area (Å²) in [7, 11) is 0. The van der Waals surface area contributed by atoms with Crippen LogP contribution in [0.3, 0.4) is 0 Å². The van der Waals surface area contributed by atoms with Crippen LogP contribution in [0.2, 0.25) is 0 Å². The van der Waals surface area contributed by atoms with Gasteiger partial charge in [-0.15, -0.1) is 11.3 Å². The number of nitrogens with zero attached hydrogens (tertiary/aromatic N) is 2. The monoisotopic (exact) mass is 394 g/mol. The van der Waals surface area contributed by atoms with E-state index in [4.69, 9.17) is 0 Å². The van der Waals surface area contributed by atoms with Crippen LogP contribution in [-0.2, 0) is 0 Å². The molecular weight excluding hydrogens is 372 g/mol. The second kappa shape index (κ2) is 7.29. The molecule has 1 fully saturated rings. The summed E-state index contributed by atoms with van der Waals surface area (Å²) in [5.41, 5.74) is 3.17. The molecular formula is C20H22N6OS. The second-order valence-corrected chi connectivity index (χ2v) is 8.22. The van der Waals surface area contributed by atoms with Crippen molar-refractivity contribution in [3.63, 3.8) is 0 Å². The van der Waals surface area contributed by atoms with Gasteiger partial charge in [-0.1, -0.05) is 12.1 Å². The number of amides is 1. The number of carbonyl (C=O) groups is 1. The van der Waals surface area contributed by atoms with Gasteiger partial charge in [0.1, 0.15) is 0 Å². The van der Waals surface area contributed by atoms with E-state index in [0.717, 1.165) is 41.3 Å². The van der Waals surface area contributed by atoms with Gasteiger partial charge in [0.2, 0.25) is 0 Å². The molecule has 2 aromatic heterocycles. The van der Waals surface area contributed by atoms with Crippen LogP contribution in [0.5, 0.6) is 0 Å². The lowest BCUT2D eigenvalue weighted by Crippen LogP contribution is -2.52. The first-order chi connectivity index (χ1) is 13.8. The maximum Gasteiger partial charge on any atom is 0.264 e. The molecule has 2 aliphatic rings. The van der Waals surface area contributed by atoms with Crippen molar-refractivity contribution in [3.8, 4) is 10.4 Å². The highest BCUT2D eigenvalue weighted by atomic mass is 32.1. The number of hydrogen-bond acceptors (Lipinski definition) is 6. The molecule has 1 unspecified atom stereocenters. The Hall–Kier alpha value is -2.84. The lowest BCUT2D eigenvalue weighted by atomic mass is 10.2. The number of para-hydroxylation sites is 2. The molecule has 8 heteroatoms. The van der Waals surface area contributed by atoms with Gasteiger partial charge in [0.05, 0.1) is 22.4 Å². The van der Waals surface area contributed by atoms with E-state index in [1.165, 1.54) is 17.8 Å². The zero-order valence-corrected chi connectivity index (χ0v) is 16.1. The fourth-order valence-electron chi connectivity index (χ4n) is 3.87. The maximum absolute atomic E-state index is 12.9. The summed E-state index contributed by atoms with van der Waals surface area (Å²) in [4.78, 5) is 16.9. The number of H-pyrrole nitrogens is 1. The van der Waals surface area contributed by atoms with Crippen molar-refractivity contribution >= 4 is 28.6 Å². The predicted molar refractivity (Wildman–Crippen MR) is 112 cm³/mol. The topological polar surface area (TPSA) is 85.1 Å². The molecule has 5 rings (SSSR count). The molecule has 0 spiro atoms. The molecule has 0 saturated carbocycles. The lowest BCUT2D eigenvalue weighted by molar-refractivity contribution is 0.0945. The van der Waals surface area contributed by atoms with Crippen LogP contribution >= 0.6 is 11.3 Å². The SMILES string of the molecule is O=C(NC1Nc2ccccc2N1C[C@@H]1CCCN1)c1ccc(-c2cn[nH]c2)s1. The fourth-order valence-corrected chi connectivity index (χ4v) is 4.76. The molecule has 1 saturated heterocycles. The third-order valence-corrected chi connectivity index (χ3v) is 6.41. The van der Waals surface area contributed by atoms with Gasteiger partial charge in [-0.2, -0.15) is 5.10 Å². The summed E-state index contributed by atoms with van der Waals surface area (Å²) in [6.07, 6.45) is 5.71. The van der Waals surface area contributed by atoms with Crippen LogP contribution in [0, 0.1) is 0 Å². The van der Waals surface area contributed by atoms with Gasteiger partial charge in [-0.3, -0.25) is 9.89 Å². The van der Waals surface area contributed by atoms with Gasteiger partial charge in [-0.05, 0) is 43.7 Å². The Bertz CT molecular complexity index is 963. The first-order valence-electron chi connectivity index (χ1n) is 9.53. The Morgan fingerprint density at radius 3 is 3.04 bits per heavy atom. The quantitative estimate of drug-likeness (QED) is 0.535. The van der Waals surface area contributed by atoms with E-state index < -0.39 is 0 Å². The number of anilines is 2. The van der Waals surface area contributed by atoms with Gasteiger partial charge < -0.3 is 20.9 Å².